The molecule has 2 aromatic rings. The highest BCUT2D eigenvalue weighted by Crippen LogP contribution is 2.11. The zero-order chi connectivity index (χ0) is 17.7. The van der Waals surface area contributed by atoms with E-state index in [0.717, 1.165) is 24.1 Å². The Bertz CT molecular complexity index is 739. The van der Waals surface area contributed by atoms with Gasteiger partial charge in [0.05, 0.1) is 6.54 Å². The molecule has 0 fully saturated rings. The third-order valence-corrected chi connectivity index (χ3v) is 3.82. The molecule has 1 amide bonds. The first-order valence-corrected chi connectivity index (χ1v) is 8.02. The van der Waals surface area contributed by atoms with Crippen LogP contribution in [0.15, 0.2) is 9.32 Å². The van der Waals surface area contributed by atoms with Crippen LogP contribution in [0.2, 0.25) is 0 Å². The van der Waals surface area contributed by atoms with Crippen molar-refractivity contribution in [2.24, 2.45) is 0 Å². The fourth-order valence-electron chi connectivity index (χ4n) is 2.52. The SMILES string of the molecule is CCCc1noc(CN(C)C(=O)CCc2c(C)nc(=O)[nH]c2C)n1. The van der Waals surface area contributed by atoms with Crippen LogP contribution < -0.4 is 5.69 Å². The summed E-state index contributed by atoms with van der Waals surface area (Å²) in [6, 6.07) is 0. The number of hydrogen-bond donors (Lipinski definition) is 1. The van der Waals surface area contributed by atoms with Crippen LogP contribution in [0.4, 0.5) is 0 Å². The van der Waals surface area contributed by atoms with Crippen molar-refractivity contribution in [3.63, 3.8) is 0 Å². The minimum atomic E-state index is -0.364. The number of aromatic nitrogens is 4. The van der Waals surface area contributed by atoms with Gasteiger partial charge in [-0.2, -0.15) is 9.97 Å². The summed E-state index contributed by atoms with van der Waals surface area (Å²) in [6.07, 6.45) is 2.55. The van der Waals surface area contributed by atoms with Crippen LogP contribution in [0, 0.1) is 13.8 Å². The van der Waals surface area contributed by atoms with Crippen LogP contribution in [0.3, 0.4) is 0 Å². The molecule has 0 bridgehead atoms. The summed E-state index contributed by atoms with van der Waals surface area (Å²) in [4.78, 5) is 35.9. The first kappa shape index (κ1) is 17.8. The Hall–Kier alpha value is -2.51. The molecule has 0 spiro atoms. The van der Waals surface area contributed by atoms with E-state index in [1.54, 1.807) is 18.9 Å². The number of carbonyl (C=O) groups is 1. The number of H-pyrrole nitrogens is 1. The molecule has 8 nitrogen and oxygen atoms in total. The lowest BCUT2D eigenvalue weighted by Gasteiger charge is -2.15. The maximum Gasteiger partial charge on any atom is 0.345 e. The molecule has 0 aliphatic carbocycles. The smallest absolute Gasteiger partial charge is 0.337 e. The zero-order valence-corrected chi connectivity index (χ0v) is 14.5. The van der Waals surface area contributed by atoms with Crippen LogP contribution in [0.1, 0.15) is 48.4 Å². The molecule has 0 saturated heterocycles. The van der Waals surface area contributed by atoms with Gasteiger partial charge < -0.3 is 14.4 Å². The Morgan fingerprint density at radius 3 is 2.67 bits per heavy atom. The number of carbonyl (C=O) groups excluding carboxylic acids is 1. The third kappa shape index (κ3) is 4.50. The molecule has 0 radical (unpaired) electrons. The predicted molar refractivity (Wildman–Crippen MR) is 87.4 cm³/mol. The van der Waals surface area contributed by atoms with E-state index in [-0.39, 0.29) is 18.1 Å². The third-order valence-electron chi connectivity index (χ3n) is 3.82. The summed E-state index contributed by atoms with van der Waals surface area (Å²) in [5, 5.41) is 3.88. The molecule has 2 aromatic heterocycles. The minimum absolute atomic E-state index is 0.0322. The van der Waals surface area contributed by atoms with Gasteiger partial charge in [0.15, 0.2) is 5.82 Å². The molecule has 2 heterocycles. The van der Waals surface area contributed by atoms with Gasteiger partial charge in [0, 0.05) is 31.3 Å². The highest BCUT2D eigenvalue weighted by Gasteiger charge is 2.15. The number of hydrogen-bond acceptors (Lipinski definition) is 6. The van der Waals surface area contributed by atoms with Crippen molar-refractivity contribution >= 4 is 5.91 Å². The molecule has 130 valence electrons. The van der Waals surface area contributed by atoms with Gasteiger partial charge in [-0.1, -0.05) is 12.1 Å². The van der Waals surface area contributed by atoms with Crippen LogP contribution in [0.5, 0.6) is 0 Å². The monoisotopic (exact) mass is 333 g/mol. The Morgan fingerprint density at radius 1 is 1.25 bits per heavy atom. The fourth-order valence-corrected chi connectivity index (χ4v) is 2.52. The van der Waals surface area contributed by atoms with E-state index in [9.17, 15) is 9.59 Å². The van der Waals surface area contributed by atoms with Gasteiger partial charge in [0.1, 0.15) is 0 Å². The van der Waals surface area contributed by atoms with Crippen molar-refractivity contribution < 1.29 is 9.32 Å². The molecule has 0 atom stereocenters. The van der Waals surface area contributed by atoms with Crippen LogP contribution in [-0.4, -0.2) is 38.0 Å². The molecule has 0 aliphatic rings. The number of amides is 1. The summed E-state index contributed by atoms with van der Waals surface area (Å²) in [7, 11) is 1.71. The van der Waals surface area contributed by atoms with Gasteiger partial charge in [-0.05, 0) is 32.3 Å². The van der Waals surface area contributed by atoms with Gasteiger partial charge in [-0.25, -0.2) is 4.79 Å². The number of rotatable bonds is 7. The fraction of sp³-hybridized carbons (Fsp3) is 0.562. The van der Waals surface area contributed by atoms with E-state index in [4.69, 9.17) is 4.52 Å². The Kier molecular flexibility index (Phi) is 5.83. The van der Waals surface area contributed by atoms with Gasteiger partial charge in [0.2, 0.25) is 11.8 Å². The van der Waals surface area contributed by atoms with Crippen molar-refractivity contribution in [1.29, 1.82) is 0 Å². The van der Waals surface area contributed by atoms with E-state index in [1.165, 1.54) is 0 Å². The quantitative estimate of drug-likeness (QED) is 0.819. The highest BCUT2D eigenvalue weighted by atomic mass is 16.5. The normalized spacial score (nSPS) is 10.8. The lowest BCUT2D eigenvalue weighted by atomic mass is 10.1. The molecule has 0 saturated carbocycles. The topological polar surface area (TPSA) is 105 Å². The van der Waals surface area contributed by atoms with E-state index >= 15 is 0 Å². The van der Waals surface area contributed by atoms with E-state index in [2.05, 4.69) is 20.1 Å². The Labute approximate surface area is 140 Å². The van der Waals surface area contributed by atoms with Crippen molar-refractivity contribution in [1.82, 2.24) is 25.0 Å². The Balaban J connectivity index is 1.93. The van der Waals surface area contributed by atoms with Crippen molar-refractivity contribution in [3.8, 4) is 0 Å². The van der Waals surface area contributed by atoms with E-state index < -0.39 is 0 Å². The first-order chi connectivity index (χ1) is 11.4. The Morgan fingerprint density at radius 2 is 2.00 bits per heavy atom. The molecular formula is C16H23N5O3. The number of aryl methyl sites for hydroxylation is 3. The molecule has 1 N–H and O–H groups in total. The average molecular weight is 333 g/mol. The molecule has 0 aliphatic heterocycles. The summed E-state index contributed by atoms with van der Waals surface area (Å²) in [6.45, 7) is 5.92. The second-order valence-corrected chi connectivity index (χ2v) is 5.84. The zero-order valence-electron chi connectivity index (χ0n) is 14.5. The highest BCUT2D eigenvalue weighted by molar-refractivity contribution is 5.76. The molecule has 0 unspecified atom stereocenters. The van der Waals surface area contributed by atoms with E-state index in [0.29, 0.717) is 30.3 Å². The van der Waals surface area contributed by atoms with Gasteiger partial charge >= 0.3 is 5.69 Å². The number of nitrogens with zero attached hydrogens (tertiary/aromatic N) is 4. The van der Waals surface area contributed by atoms with Crippen molar-refractivity contribution in [3.05, 3.63) is 39.2 Å². The first-order valence-electron chi connectivity index (χ1n) is 8.02. The summed E-state index contributed by atoms with van der Waals surface area (Å²) in [5.41, 5.74) is 1.95. The van der Waals surface area contributed by atoms with Gasteiger partial charge in [-0.15, -0.1) is 0 Å². The molecular weight excluding hydrogens is 310 g/mol. The summed E-state index contributed by atoms with van der Waals surface area (Å²) < 4.78 is 5.15. The second kappa shape index (κ2) is 7.85. The summed E-state index contributed by atoms with van der Waals surface area (Å²) >= 11 is 0. The maximum atomic E-state index is 12.3. The lowest BCUT2D eigenvalue weighted by molar-refractivity contribution is -0.130. The molecule has 24 heavy (non-hydrogen) atoms. The van der Waals surface area contributed by atoms with Gasteiger partial charge in [0.25, 0.3) is 0 Å². The largest absolute Gasteiger partial charge is 0.345 e. The second-order valence-electron chi connectivity index (χ2n) is 5.84. The minimum Gasteiger partial charge on any atom is -0.337 e. The average Bonchev–Trinajstić information content (AvgIpc) is 2.93. The van der Waals surface area contributed by atoms with Crippen LogP contribution in [0.25, 0.3) is 0 Å². The standard InChI is InChI=1S/C16H23N5O3/c1-5-6-13-19-14(24-20-13)9-21(4)15(22)8-7-12-10(2)17-16(23)18-11(12)3/h5-9H2,1-4H3,(H,17,18,23). The molecule has 8 heteroatoms. The number of nitrogens with one attached hydrogen (secondary N) is 1. The van der Waals surface area contributed by atoms with E-state index in [1.807, 2.05) is 13.8 Å². The van der Waals surface area contributed by atoms with Crippen LogP contribution >= 0.6 is 0 Å². The molecule has 0 aromatic carbocycles. The molecule has 2 rings (SSSR count). The lowest BCUT2D eigenvalue weighted by Crippen LogP contribution is -2.27. The predicted octanol–water partition coefficient (Wildman–Crippen LogP) is 1.31. The van der Waals surface area contributed by atoms with Gasteiger partial charge in [-0.3, -0.25) is 4.79 Å². The van der Waals surface area contributed by atoms with Crippen LogP contribution in [-0.2, 0) is 24.2 Å². The number of aromatic amines is 1. The summed E-state index contributed by atoms with van der Waals surface area (Å²) in [5.74, 6) is 1.07. The van der Waals surface area contributed by atoms with Crippen molar-refractivity contribution in [2.45, 2.75) is 53.0 Å². The maximum absolute atomic E-state index is 12.3. The van der Waals surface area contributed by atoms with Crippen molar-refractivity contribution in [2.75, 3.05) is 7.05 Å².